The van der Waals surface area contributed by atoms with E-state index in [1.807, 2.05) is 12.3 Å². The van der Waals surface area contributed by atoms with Gasteiger partial charge in [-0.3, -0.25) is 4.98 Å². The summed E-state index contributed by atoms with van der Waals surface area (Å²) in [5.74, 6) is 0. The van der Waals surface area contributed by atoms with Crippen molar-refractivity contribution in [2.75, 3.05) is 6.54 Å². The van der Waals surface area contributed by atoms with Gasteiger partial charge in [0.1, 0.15) is 0 Å². The monoisotopic (exact) mass is 200 g/mol. The summed E-state index contributed by atoms with van der Waals surface area (Å²) in [5, 5.41) is 0. The Labute approximate surface area is 68.6 Å². The number of pyridine rings is 1. The summed E-state index contributed by atoms with van der Waals surface area (Å²) >= 11 is 3.33. The van der Waals surface area contributed by atoms with E-state index in [4.69, 9.17) is 5.73 Å². The molecule has 1 heterocycles. The molecule has 0 fully saturated rings. The van der Waals surface area contributed by atoms with Crippen LogP contribution in [0.1, 0.15) is 5.56 Å². The zero-order chi connectivity index (χ0) is 7.40. The van der Waals surface area contributed by atoms with Crippen LogP contribution in [0.25, 0.3) is 0 Å². The number of nitrogens with zero attached hydrogens (tertiary/aromatic N) is 1. The summed E-state index contributed by atoms with van der Waals surface area (Å²) in [5.41, 5.74) is 6.55. The lowest BCUT2D eigenvalue weighted by Gasteiger charge is -1.96. The third-order valence-electron chi connectivity index (χ3n) is 1.19. The van der Waals surface area contributed by atoms with Crippen molar-refractivity contribution in [1.29, 1.82) is 0 Å². The van der Waals surface area contributed by atoms with Gasteiger partial charge in [-0.1, -0.05) is 0 Å². The molecule has 54 valence electrons. The molecular formula is C7H9BrN2. The van der Waals surface area contributed by atoms with Crippen molar-refractivity contribution < 1.29 is 0 Å². The molecule has 0 aliphatic rings. The van der Waals surface area contributed by atoms with Crippen LogP contribution in [0, 0.1) is 0 Å². The third-order valence-corrected chi connectivity index (χ3v) is 1.63. The quantitative estimate of drug-likeness (QED) is 0.784. The highest BCUT2D eigenvalue weighted by molar-refractivity contribution is 9.10. The maximum atomic E-state index is 5.37. The van der Waals surface area contributed by atoms with Gasteiger partial charge in [-0.15, -0.1) is 0 Å². The summed E-state index contributed by atoms with van der Waals surface area (Å²) in [6, 6.07) is 2.03. The van der Waals surface area contributed by atoms with E-state index in [9.17, 15) is 0 Å². The standard InChI is InChI=1S/C7H9BrN2/c8-7-3-6(1-2-9)4-10-5-7/h3-5H,1-2,9H2. The van der Waals surface area contributed by atoms with Gasteiger partial charge in [-0.05, 0) is 40.5 Å². The van der Waals surface area contributed by atoms with Crippen LogP contribution in [0.15, 0.2) is 22.9 Å². The molecule has 0 aliphatic carbocycles. The Morgan fingerprint density at radius 3 is 2.90 bits per heavy atom. The summed E-state index contributed by atoms with van der Waals surface area (Å²) in [6.45, 7) is 0.679. The van der Waals surface area contributed by atoms with E-state index in [2.05, 4.69) is 20.9 Å². The van der Waals surface area contributed by atoms with Crippen LogP contribution in [-0.4, -0.2) is 11.5 Å². The largest absolute Gasteiger partial charge is 0.330 e. The molecule has 2 N–H and O–H groups in total. The van der Waals surface area contributed by atoms with Crippen LogP contribution in [0.4, 0.5) is 0 Å². The Bertz CT molecular complexity index is 213. The first-order valence-electron chi connectivity index (χ1n) is 3.12. The molecule has 0 aromatic carbocycles. The van der Waals surface area contributed by atoms with E-state index in [1.54, 1.807) is 6.20 Å². The molecule has 2 nitrogen and oxygen atoms in total. The molecule has 0 radical (unpaired) electrons. The second-order valence-corrected chi connectivity index (χ2v) is 2.97. The van der Waals surface area contributed by atoms with Crippen molar-refractivity contribution in [3.63, 3.8) is 0 Å². The minimum Gasteiger partial charge on any atom is -0.330 e. The molecular weight excluding hydrogens is 192 g/mol. The van der Waals surface area contributed by atoms with Crippen LogP contribution in [0.3, 0.4) is 0 Å². The molecule has 0 unspecified atom stereocenters. The van der Waals surface area contributed by atoms with Gasteiger partial charge in [0.25, 0.3) is 0 Å². The fourth-order valence-electron chi connectivity index (χ4n) is 0.759. The van der Waals surface area contributed by atoms with E-state index < -0.39 is 0 Å². The van der Waals surface area contributed by atoms with Gasteiger partial charge in [-0.25, -0.2) is 0 Å². The Balaban J connectivity index is 2.75. The molecule has 1 aromatic rings. The predicted molar refractivity (Wildman–Crippen MR) is 44.7 cm³/mol. The van der Waals surface area contributed by atoms with Crippen LogP contribution in [0.5, 0.6) is 0 Å². The van der Waals surface area contributed by atoms with Crippen LogP contribution in [0.2, 0.25) is 0 Å². The first-order chi connectivity index (χ1) is 4.83. The van der Waals surface area contributed by atoms with Gasteiger partial charge in [0.05, 0.1) is 0 Å². The van der Waals surface area contributed by atoms with Gasteiger partial charge in [0, 0.05) is 16.9 Å². The summed E-state index contributed by atoms with van der Waals surface area (Å²) < 4.78 is 1.01. The Morgan fingerprint density at radius 2 is 2.30 bits per heavy atom. The second-order valence-electron chi connectivity index (χ2n) is 2.05. The molecule has 0 saturated carbocycles. The Hall–Kier alpha value is -0.410. The van der Waals surface area contributed by atoms with Gasteiger partial charge in [0.15, 0.2) is 0 Å². The number of nitrogens with two attached hydrogens (primary N) is 1. The van der Waals surface area contributed by atoms with E-state index in [0.717, 1.165) is 10.9 Å². The summed E-state index contributed by atoms with van der Waals surface area (Å²) in [7, 11) is 0. The van der Waals surface area contributed by atoms with Crippen LogP contribution < -0.4 is 5.73 Å². The third kappa shape index (κ3) is 2.08. The van der Waals surface area contributed by atoms with Crippen molar-refractivity contribution >= 4 is 15.9 Å². The Kier molecular flexibility index (Phi) is 2.83. The van der Waals surface area contributed by atoms with E-state index in [1.165, 1.54) is 5.56 Å². The topological polar surface area (TPSA) is 38.9 Å². The number of hydrogen-bond donors (Lipinski definition) is 1. The number of aromatic nitrogens is 1. The molecule has 10 heavy (non-hydrogen) atoms. The minimum absolute atomic E-state index is 0.679. The van der Waals surface area contributed by atoms with E-state index in [0.29, 0.717) is 6.54 Å². The molecule has 0 saturated heterocycles. The van der Waals surface area contributed by atoms with Gasteiger partial charge in [-0.2, -0.15) is 0 Å². The first-order valence-corrected chi connectivity index (χ1v) is 3.91. The van der Waals surface area contributed by atoms with Gasteiger partial charge >= 0.3 is 0 Å². The molecule has 0 spiro atoms. The van der Waals surface area contributed by atoms with Crippen molar-refractivity contribution in [3.05, 3.63) is 28.5 Å². The highest BCUT2D eigenvalue weighted by atomic mass is 79.9. The Morgan fingerprint density at radius 1 is 1.50 bits per heavy atom. The fourth-order valence-corrected chi connectivity index (χ4v) is 1.17. The van der Waals surface area contributed by atoms with Crippen molar-refractivity contribution in [2.45, 2.75) is 6.42 Å². The number of hydrogen-bond acceptors (Lipinski definition) is 2. The number of halogens is 1. The van der Waals surface area contributed by atoms with Crippen LogP contribution >= 0.6 is 15.9 Å². The van der Waals surface area contributed by atoms with Crippen molar-refractivity contribution in [3.8, 4) is 0 Å². The lowest BCUT2D eigenvalue weighted by Crippen LogP contribution is -2.02. The molecule has 1 aromatic heterocycles. The maximum absolute atomic E-state index is 5.37. The average Bonchev–Trinajstić information content (AvgIpc) is 1.88. The molecule has 0 bridgehead atoms. The summed E-state index contributed by atoms with van der Waals surface area (Å²) in [6.07, 6.45) is 4.49. The normalized spacial score (nSPS) is 9.80. The van der Waals surface area contributed by atoms with E-state index >= 15 is 0 Å². The fraction of sp³-hybridized carbons (Fsp3) is 0.286. The lowest BCUT2D eigenvalue weighted by atomic mass is 10.2. The molecule has 0 amide bonds. The highest BCUT2D eigenvalue weighted by Crippen LogP contribution is 2.09. The molecule has 3 heteroatoms. The smallest absolute Gasteiger partial charge is 0.0410 e. The lowest BCUT2D eigenvalue weighted by molar-refractivity contribution is 0.957. The molecule has 1 rings (SSSR count). The SMILES string of the molecule is NCCc1cncc(Br)c1. The molecule has 0 atom stereocenters. The van der Waals surface area contributed by atoms with Crippen molar-refractivity contribution in [1.82, 2.24) is 4.98 Å². The first kappa shape index (κ1) is 7.69. The van der Waals surface area contributed by atoms with Crippen LogP contribution in [-0.2, 0) is 6.42 Å². The van der Waals surface area contributed by atoms with Crippen molar-refractivity contribution in [2.24, 2.45) is 5.73 Å². The zero-order valence-electron chi connectivity index (χ0n) is 5.55. The van der Waals surface area contributed by atoms with E-state index in [-0.39, 0.29) is 0 Å². The summed E-state index contributed by atoms with van der Waals surface area (Å²) in [4.78, 5) is 4.00. The minimum atomic E-state index is 0.679. The van der Waals surface area contributed by atoms with Gasteiger partial charge in [0.2, 0.25) is 0 Å². The highest BCUT2D eigenvalue weighted by Gasteiger charge is 1.91. The predicted octanol–water partition coefficient (Wildman–Crippen LogP) is 1.35. The number of rotatable bonds is 2. The second kappa shape index (κ2) is 3.68. The maximum Gasteiger partial charge on any atom is 0.0410 e. The molecule has 0 aliphatic heterocycles. The average molecular weight is 201 g/mol. The zero-order valence-corrected chi connectivity index (χ0v) is 7.13. The van der Waals surface area contributed by atoms with Gasteiger partial charge < -0.3 is 5.73 Å².